The molecule has 12 heavy (non-hydrogen) atoms. The molecule has 0 saturated heterocycles. The molecule has 0 aliphatic heterocycles. The molecule has 0 aliphatic carbocycles. The lowest BCUT2D eigenvalue weighted by Gasteiger charge is -2.04. The van der Waals surface area contributed by atoms with Crippen LogP contribution < -0.4 is 0 Å². The van der Waals surface area contributed by atoms with Crippen LogP contribution in [0.4, 0.5) is 0 Å². The highest BCUT2D eigenvalue weighted by Crippen LogP contribution is 2.47. The van der Waals surface area contributed by atoms with E-state index < -0.39 is 6.80 Å². The average molecular weight is 204 g/mol. The molecule has 0 spiro atoms. The van der Waals surface area contributed by atoms with Gasteiger partial charge in [0, 0.05) is 0 Å². The molecule has 66 valence electrons. The maximum absolute atomic E-state index is 10.6. The van der Waals surface area contributed by atoms with Crippen molar-refractivity contribution in [1.29, 1.82) is 0 Å². The fourth-order valence-electron chi connectivity index (χ4n) is 0.733. The molecule has 0 heterocycles. The largest absolute Gasteiger partial charge is 0.383 e. The van der Waals surface area contributed by atoms with Crippen molar-refractivity contribution in [2.75, 3.05) is 0 Å². The van der Waals surface area contributed by atoms with E-state index in [1.807, 2.05) is 30.3 Å². The fourth-order valence-corrected chi connectivity index (χ4v) is 1.22. The van der Waals surface area contributed by atoms with Gasteiger partial charge in [0.15, 0.2) is 0 Å². The van der Waals surface area contributed by atoms with Crippen molar-refractivity contribution >= 4 is 19.0 Å². The van der Waals surface area contributed by atoms with Gasteiger partial charge in [-0.3, -0.25) is 4.52 Å². The summed E-state index contributed by atoms with van der Waals surface area (Å²) in [5.41, 5.74) is 0.848. The average Bonchev–Trinajstić information content (AvgIpc) is 2.02. The zero-order chi connectivity index (χ0) is 9.03. The van der Waals surface area contributed by atoms with Crippen molar-refractivity contribution in [2.24, 2.45) is 0 Å². The Morgan fingerprint density at radius 2 is 2.00 bits per heavy atom. The van der Waals surface area contributed by atoms with Crippen molar-refractivity contribution in [1.82, 2.24) is 0 Å². The van der Waals surface area contributed by atoms with Crippen molar-refractivity contribution in [2.45, 2.75) is 6.61 Å². The second-order valence-electron chi connectivity index (χ2n) is 2.25. The first-order valence-electron chi connectivity index (χ1n) is 3.32. The first kappa shape index (κ1) is 9.81. The Balaban J connectivity index is 2.50. The smallest absolute Gasteiger partial charge is 0.317 e. The number of rotatable bonds is 3. The molecule has 0 aromatic heterocycles. The number of hydrogen-bond acceptors (Lipinski definition) is 2. The molecule has 0 saturated carbocycles. The number of benzene rings is 1. The maximum atomic E-state index is 10.6. The molecule has 0 aliphatic rings. The predicted octanol–water partition coefficient (Wildman–Crippen LogP) is 2.23. The van der Waals surface area contributed by atoms with Gasteiger partial charge in [-0.05, 0) is 5.56 Å². The molecular formula is C7H9O3PS. The van der Waals surface area contributed by atoms with Crippen molar-refractivity contribution in [3.63, 3.8) is 0 Å². The highest BCUT2D eigenvalue weighted by molar-refractivity contribution is 8.44. The minimum absolute atomic E-state index is 0.109. The zero-order valence-electron chi connectivity index (χ0n) is 6.25. The van der Waals surface area contributed by atoms with E-state index in [1.54, 1.807) is 0 Å². The van der Waals surface area contributed by atoms with E-state index in [1.165, 1.54) is 0 Å². The van der Waals surface area contributed by atoms with Crippen LogP contribution in [0.3, 0.4) is 0 Å². The molecule has 1 atom stereocenters. The molecule has 5 heteroatoms. The van der Waals surface area contributed by atoms with Crippen molar-refractivity contribution in [3.05, 3.63) is 35.9 Å². The highest BCUT2D eigenvalue weighted by Gasteiger charge is 2.10. The van der Waals surface area contributed by atoms with Gasteiger partial charge in [0.1, 0.15) is 0 Å². The normalized spacial score (nSPS) is 15.5. The van der Waals surface area contributed by atoms with Crippen LogP contribution in [0.2, 0.25) is 0 Å². The van der Waals surface area contributed by atoms with Crippen LogP contribution in [0.1, 0.15) is 5.56 Å². The molecule has 1 aromatic carbocycles. The van der Waals surface area contributed by atoms with Crippen LogP contribution in [-0.2, 0) is 15.7 Å². The fraction of sp³-hybridized carbons (Fsp3) is 0.143. The Kier molecular flexibility index (Phi) is 3.35. The standard InChI is InChI=1S/C7H9O3PS/c8-11(9,12)10-6-7-4-2-1-3-5-7/h1-5H,6H2,(H2,8,9,12). The summed E-state index contributed by atoms with van der Waals surface area (Å²) >= 11 is 3.37. The molecule has 0 radical (unpaired) electrons. The summed E-state index contributed by atoms with van der Waals surface area (Å²) in [5, 5.41) is 0. The van der Waals surface area contributed by atoms with Gasteiger partial charge in [0.25, 0.3) is 0 Å². The second kappa shape index (κ2) is 4.10. The van der Waals surface area contributed by atoms with Crippen LogP contribution in [0.25, 0.3) is 0 Å². The van der Waals surface area contributed by atoms with Gasteiger partial charge < -0.3 is 4.89 Å². The van der Waals surface area contributed by atoms with E-state index in [0.29, 0.717) is 0 Å². The topological polar surface area (TPSA) is 46.5 Å². The number of hydrogen-bond donors (Lipinski definition) is 2. The van der Waals surface area contributed by atoms with E-state index >= 15 is 0 Å². The third kappa shape index (κ3) is 3.93. The first-order valence-corrected chi connectivity index (χ1v) is 6.05. The molecule has 1 N–H and O–H groups in total. The second-order valence-corrected chi connectivity index (χ2v) is 5.01. The van der Waals surface area contributed by atoms with Gasteiger partial charge in [0.2, 0.25) is 0 Å². The van der Waals surface area contributed by atoms with Gasteiger partial charge in [-0.1, -0.05) is 42.6 Å². The molecule has 1 unspecified atom stereocenters. The van der Waals surface area contributed by atoms with Crippen molar-refractivity contribution in [3.8, 4) is 0 Å². The minimum atomic E-state index is -3.64. The van der Waals surface area contributed by atoms with E-state index in [0.717, 1.165) is 5.56 Å². The lowest BCUT2D eigenvalue weighted by Crippen LogP contribution is -1.86. The quantitative estimate of drug-likeness (QED) is 0.586. The van der Waals surface area contributed by atoms with Crippen LogP contribution in [0, 0.1) is 0 Å². The van der Waals surface area contributed by atoms with Crippen LogP contribution >= 0.6 is 19.0 Å². The first-order chi connectivity index (χ1) is 5.58. The lowest BCUT2D eigenvalue weighted by atomic mass is 10.2. The molecule has 1 aromatic rings. The Morgan fingerprint density at radius 1 is 1.42 bits per heavy atom. The Labute approximate surface area is 76.1 Å². The molecule has 1 rings (SSSR count). The molecule has 0 amide bonds. The molecule has 3 nitrogen and oxygen atoms in total. The van der Waals surface area contributed by atoms with Crippen LogP contribution in [0.15, 0.2) is 30.3 Å². The van der Waals surface area contributed by atoms with E-state index in [9.17, 15) is 4.57 Å². The maximum Gasteiger partial charge on any atom is 0.383 e. The zero-order valence-corrected chi connectivity index (χ0v) is 8.04. The van der Waals surface area contributed by atoms with E-state index in [2.05, 4.69) is 16.8 Å². The summed E-state index contributed by atoms with van der Waals surface area (Å²) in [5.74, 6) is 0. The van der Waals surface area contributed by atoms with Gasteiger partial charge >= 0.3 is 6.80 Å². The summed E-state index contributed by atoms with van der Waals surface area (Å²) in [6.07, 6.45) is 0. The summed E-state index contributed by atoms with van der Waals surface area (Å²) < 4.78 is 15.2. The summed E-state index contributed by atoms with van der Waals surface area (Å²) in [7, 11) is 0. The minimum Gasteiger partial charge on any atom is -0.317 e. The third-order valence-corrected chi connectivity index (χ3v) is 2.05. The number of thiol groups is 1. The monoisotopic (exact) mass is 204 g/mol. The Bertz CT molecular complexity index is 282. The van der Waals surface area contributed by atoms with Crippen molar-refractivity contribution < 1.29 is 14.0 Å². The van der Waals surface area contributed by atoms with E-state index in [4.69, 9.17) is 4.89 Å². The van der Waals surface area contributed by atoms with Gasteiger partial charge in [0.05, 0.1) is 6.61 Å². The summed E-state index contributed by atoms with van der Waals surface area (Å²) in [4.78, 5) is 8.68. The lowest BCUT2D eigenvalue weighted by molar-refractivity contribution is 0.267. The van der Waals surface area contributed by atoms with Gasteiger partial charge in [-0.15, -0.1) is 0 Å². The SMILES string of the molecule is O=P(O)(S)OCc1ccccc1. The molecule has 0 fully saturated rings. The van der Waals surface area contributed by atoms with Crippen LogP contribution in [-0.4, -0.2) is 4.89 Å². The third-order valence-electron chi connectivity index (χ3n) is 1.24. The highest BCUT2D eigenvalue weighted by atomic mass is 32.7. The van der Waals surface area contributed by atoms with E-state index in [-0.39, 0.29) is 6.61 Å². The Morgan fingerprint density at radius 3 is 2.50 bits per heavy atom. The summed E-state index contributed by atoms with van der Waals surface area (Å²) in [6, 6.07) is 9.15. The summed E-state index contributed by atoms with van der Waals surface area (Å²) in [6.45, 7) is -3.53. The predicted molar refractivity (Wildman–Crippen MR) is 50.0 cm³/mol. The molecule has 0 bridgehead atoms. The van der Waals surface area contributed by atoms with Crippen LogP contribution in [0.5, 0.6) is 0 Å². The Hall–Kier alpha value is -0.280. The van der Waals surface area contributed by atoms with Gasteiger partial charge in [-0.2, -0.15) is 0 Å². The van der Waals surface area contributed by atoms with Gasteiger partial charge in [-0.25, -0.2) is 4.57 Å². The molecular weight excluding hydrogens is 195 g/mol.